The molecule has 0 saturated carbocycles. The van der Waals surface area contributed by atoms with Crippen LogP contribution in [0.4, 0.5) is 5.69 Å². The largest absolute Gasteiger partial charge is 0.507 e. The number of fused-ring (bicyclic) bond motifs is 1. The van der Waals surface area contributed by atoms with E-state index in [9.17, 15) is 14.7 Å². The number of aryl methyl sites for hydroxylation is 2. The van der Waals surface area contributed by atoms with Gasteiger partial charge < -0.3 is 14.8 Å². The number of furan rings is 1. The zero-order valence-corrected chi connectivity index (χ0v) is 18.5. The van der Waals surface area contributed by atoms with Gasteiger partial charge in [0.05, 0.1) is 11.4 Å². The van der Waals surface area contributed by atoms with Gasteiger partial charge >= 0.3 is 0 Å². The number of nitrogens with one attached hydrogen (secondary N) is 2. The number of rotatable bonds is 5. The number of anilines is 1. The van der Waals surface area contributed by atoms with Crippen LogP contribution in [-0.2, 0) is 0 Å². The number of carbonyl (C=O) groups is 2. The molecule has 0 atom stereocenters. The number of carbonyl (C=O) groups excluding carboxylic acids is 2. The molecular weight excluding hydrogens is 430 g/mol. The number of aromatic amines is 1. The zero-order chi connectivity index (χ0) is 23.8. The third-order valence-electron chi connectivity index (χ3n) is 5.61. The molecule has 0 spiro atoms. The van der Waals surface area contributed by atoms with E-state index in [0.29, 0.717) is 33.5 Å². The molecule has 5 aromatic rings. The van der Waals surface area contributed by atoms with Crippen molar-refractivity contribution in [1.29, 1.82) is 0 Å². The molecule has 0 aliphatic heterocycles. The molecule has 0 aliphatic rings. The van der Waals surface area contributed by atoms with E-state index >= 15 is 0 Å². The van der Waals surface area contributed by atoms with Gasteiger partial charge in [-0.25, -0.2) is 0 Å². The molecule has 3 N–H and O–H groups in total. The Labute approximate surface area is 195 Å². The van der Waals surface area contributed by atoms with Crippen molar-refractivity contribution in [3.63, 3.8) is 0 Å². The minimum atomic E-state index is -0.489. The number of aromatic hydroxyl groups is 1. The Balaban J connectivity index is 1.51. The van der Waals surface area contributed by atoms with Gasteiger partial charge in [-0.3, -0.25) is 14.7 Å². The first kappa shape index (κ1) is 21.2. The summed E-state index contributed by atoms with van der Waals surface area (Å²) in [5.41, 5.74) is 4.17. The highest BCUT2D eigenvalue weighted by molar-refractivity contribution is 6.18. The van der Waals surface area contributed by atoms with E-state index < -0.39 is 5.91 Å². The number of para-hydroxylation sites is 1. The van der Waals surface area contributed by atoms with Crippen molar-refractivity contribution in [2.24, 2.45) is 0 Å². The molecule has 34 heavy (non-hydrogen) atoms. The molecule has 0 radical (unpaired) electrons. The average Bonchev–Trinajstić information content (AvgIpc) is 3.44. The topological polar surface area (TPSA) is 108 Å². The van der Waals surface area contributed by atoms with Gasteiger partial charge in [0.25, 0.3) is 5.91 Å². The van der Waals surface area contributed by atoms with Crippen molar-refractivity contribution in [2.75, 3.05) is 5.32 Å². The molecule has 0 saturated heterocycles. The maximum Gasteiger partial charge on any atom is 0.273 e. The molecule has 168 valence electrons. The van der Waals surface area contributed by atoms with E-state index in [0.717, 1.165) is 11.1 Å². The smallest absolute Gasteiger partial charge is 0.273 e. The highest BCUT2D eigenvalue weighted by Crippen LogP contribution is 2.34. The van der Waals surface area contributed by atoms with Gasteiger partial charge in [0.2, 0.25) is 5.78 Å². The van der Waals surface area contributed by atoms with E-state index in [2.05, 4.69) is 15.5 Å². The summed E-state index contributed by atoms with van der Waals surface area (Å²) in [7, 11) is 0. The van der Waals surface area contributed by atoms with E-state index in [1.807, 2.05) is 32.0 Å². The zero-order valence-electron chi connectivity index (χ0n) is 18.5. The molecule has 0 aliphatic carbocycles. The Kier molecular flexibility index (Phi) is 5.22. The highest BCUT2D eigenvalue weighted by atomic mass is 16.3. The van der Waals surface area contributed by atoms with Crippen LogP contribution in [0.25, 0.3) is 22.2 Å². The number of aromatic nitrogens is 2. The molecule has 1 amide bonds. The lowest BCUT2D eigenvalue weighted by Crippen LogP contribution is -2.14. The summed E-state index contributed by atoms with van der Waals surface area (Å²) in [6.45, 7) is 3.76. The fourth-order valence-corrected chi connectivity index (χ4v) is 4.08. The van der Waals surface area contributed by atoms with Crippen LogP contribution >= 0.6 is 0 Å². The van der Waals surface area contributed by atoms with E-state index in [1.54, 1.807) is 54.6 Å². The lowest BCUT2D eigenvalue weighted by molar-refractivity contribution is 0.101. The van der Waals surface area contributed by atoms with Crippen molar-refractivity contribution in [3.8, 4) is 17.0 Å². The van der Waals surface area contributed by atoms with Crippen molar-refractivity contribution in [2.45, 2.75) is 13.8 Å². The molecule has 2 heterocycles. The normalized spacial score (nSPS) is 11.0. The summed E-state index contributed by atoms with van der Waals surface area (Å²) in [6.07, 6.45) is 0. The summed E-state index contributed by atoms with van der Waals surface area (Å²) >= 11 is 0. The summed E-state index contributed by atoms with van der Waals surface area (Å²) in [6, 6.07) is 21.0. The first-order chi connectivity index (χ1) is 16.4. The number of amides is 1. The Morgan fingerprint density at radius 3 is 2.47 bits per heavy atom. The molecule has 0 unspecified atom stereocenters. The van der Waals surface area contributed by atoms with Crippen LogP contribution in [-0.4, -0.2) is 27.0 Å². The fraction of sp³-hybridized carbons (Fsp3) is 0.0741. The van der Waals surface area contributed by atoms with Crippen molar-refractivity contribution in [1.82, 2.24) is 10.2 Å². The molecule has 5 rings (SSSR count). The van der Waals surface area contributed by atoms with Crippen molar-refractivity contribution in [3.05, 3.63) is 101 Å². The molecule has 0 fully saturated rings. The number of phenols is 1. The second-order valence-electron chi connectivity index (χ2n) is 8.09. The predicted molar refractivity (Wildman–Crippen MR) is 129 cm³/mol. The molecule has 7 nitrogen and oxygen atoms in total. The molecule has 7 heteroatoms. The first-order valence-electron chi connectivity index (χ1n) is 10.7. The number of hydrogen-bond acceptors (Lipinski definition) is 5. The summed E-state index contributed by atoms with van der Waals surface area (Å²) < 4.78 is 5.85. The summed E-state index contributed by atoms with van der Waals surface area (Å²) in [5, 5.41) is 20.8. The van der Waals surface area contributed by atoms with Gasteiger partial charge in [-0.05, 0) is 49.2 Å². The lowest BCUT2D eigenvalue weighted by Gasteiger charge is -2.07. The minimum Gasteiger partial charge on any atom is -0.507 e. The van der Waals surface area contributed by atoms with Gasteiger partial charge in [-0.1, -0.05) is 48.5 Å². The number of H-pyrrole nitrogens is 1. The SMILES string of the molecule is Cc1cc(C)c(-c2cc(C(=O)Nc3c(C(=O)c4ccccc4)oc4ccccc34)[nH]n2)c(O)c1. The van der Waals surface area contributed by atoms with Crippen LogP contribution in [0.2, 0.25) is 0 Å². The van der Waals surface area contributed by atoms with E-state index in [1.165, 1.54) is 0 Å². The number of benzene rings is 3. The van der Waals surface area contributed by atoms with Crippen molar-refractivity contribution < 1.29 is 19.1 Å². The van der Waals surface area contributed by atoms with Crippen LogP contribution in [0.5, 0.6) is 5.75 Å². The van der Waals surface area contributed by atoms with Gasteiger partial charge in [-0.2, -0.15) is 5.10 Å². The standard InChI is InChI=1S/C27H21N3O4/c1-15-12-16(2)23(21(31)13-15)19-14-20(30-29-19)27(33)28-24-18-10-6-7-11-22(18)34-26(24)25(32)17-8-4-3-5-9-17/h3-14,31H,1-2H3,(H,28,33)(H,29,30). The van der Waals surface area contributed by atoms with E-state index in [4.69, 9.17) is 4.42 Å². The Morgan fingerprint density at radius 1 is 0.971 bits per heavy atom. The molecule has 3 aromatic carbocycles. The summed E-state index contributed by atoms with van der Waals surface area (Å²) in [4.78, 5) is 26.3. The van der Waals surface area contributed by atoms with Crippen LogP contribution < -0.4 is 5.32 Å². The van der Waals surface area contributed by atoms with Gasteiger partial charge in [0.1, 0.15) is 17.0 Å². The maximum atomic E-state index is 13.2. The van der Waals surface area contributed by atoms with Crippen molar-refractivity contribution >= 4 is 28.3 Å². The van der Waals surface area contributed by atoms with Gasteiger partial charge in [0, 0.05) is 16.5 Å². The fourth-order valence-electron chi connectivity index (χ4n) is 4.08. The van der Waals surface area contributed by atoms with Crippen LogP contribution in [0.3, 0.4) is 0 Å². The van der Waals surface area contributed by atoms with Gasteiger partial charge in [0.15, 0.2) is 5.76 Å². The van der Waals surface area contributed by atoms with Crippen LogP contribution in [0.1, 0.15) is 37.7 Å². The highest BCUT2D eigenvalue weighted by Gasteiger charge is 2.24. The second-order valence-corrected chi connectivity index (χ2v) is 8.09. The lowest BCUT2D eigenvalue weighted by atomic mass is 10.0. The molecule has 0 bridgehead atoms. The monoisotopic (exact) mass is 451 g/mol. The first-order valence-corrected chi connectivity index (χ1v) is 10.7. The third kappa shape index (κ3) is 3.73. The van der Waals surface area contributed by atoms with E-state index in [-0.39, 0.29) is 23.0 Å². The Hall–Kier alpha value is -4.65. The number of ketones is 1. The number of nitrogens with zero attached hydrogens (tertiary/aromatic N) is 1. The van der Waals surface area contributed by atoms with Gasteiger partial charge in [-0.15, -0.1) is 0 Å². The minimum absolute atomic E-state index is 0.0486. The van der Waals surface area contributed by atoms with Crippen LogP contribution in [0.15, 0.2) is 77.2 Å². The summed E-state index contributed by atoms with van der Waals surface area (Å²) in [5.74, 6) is -0.686. The molecular formula is C27H21N3O4. The third-order valence-corrected chi connectivity index (χ3v) is 5.61. The number of hydrogen-bond donors (Lipinski definition) is 3. The molecule has 2 aromatic heterocycles. The maximum absolute atomic E-state index is 13.2. The van der Waals surface area contributed by atoms with Crippen LogP contribution in [0, 0.1) is 13.8 Å². The Morgan fingerprint density at radius 2 is 1.71 bits per heavy atom. The second kappa shape index (κ2) is 8.37. The number of phenolic OH excluding ortho intramolecular Hbond substituents is 1. The quantitative estimate of drug-likeness (QED) is 0.300. The Bertz CT molecular complexity index is 1520. The predicted octanol–water partition coefficient (Wildman–Crippen LogP) is 5.63. The average molecular weight is 451 g/mol.